The van der Waals surface area contributed by atoms with Gasteiger partial charge in [-0.05, 0) is 26.2 Å². The van der Waals surface area contributed by atoms with Crippen molar-refractivity contribution in [2.24, 2.45) is 0 Å². The summed E-state index contributed by atoms with van der Waals surface area (Å²) in [7, 11) is -6.20. The second-order valence-corrected chi connectivity index (χ2v) is 9.24. The van der Waals surface area contributed by atoms with Crippen LogP contribution in [-0.4, -0.2) is 32.3 Å². The van der Waals surface area contributed by atoms with Gasteiger partial charge in [0.05, 0.1) is 6.10 Å². The Morgan fingerprint density at radius 1 is 1.21 bits per heavy atom. The van der Waals surface area contributed by atoms with Gasteiger partial charge in [-0.15, -0.1) is 0 Å². The third-order valence-electron chi connectivity index (χ3n) is 1.89. The molecule has 0 fully saturated rings. The minimum atomic E-state index is -3.63. The number of hydrogen-bond donors (Lipinski definition) is 0. The van der Waals surface area contributed by atoms with Crippen LogP contribution >= 0.6 is 7.14 Å². The molecule has 86 valence electrons. The predicted molar refractivity (Wildman–Crippen MR) is 58.7 cm³/mol. The maximum atomic E-state index is 11.9. The molecule has 0 aromatic carbocycles. The van der Waals surface area contributed by atoms with Crippen LogP contribution in [0.2, 0.25) is 0 Å². The van der Waals surface area contributed by atoms with Crippen molar-refractivity contribution in [3.63, 3.8) is 0 Å². The summed E-state index contributed by atoms with van der Waals surface area (Å²) >= 11 is 0. The van der Waals surface area contributed by atoms with Crippen molar-refractivity contribution in [1.82, 2.24) is 0 Å². The zero-order valence-electron chi connectivity index (χ0n) is 9.19. The van der Waals surface area contributed by atoms with E-state index in [1.807, 2.05) is 0 Å². The molecule has 0 saturated heterocycles. The highest BCUT2D eigenvalue weighted by atomic mass is 32.2. The van der Waals surface area contributed by atoms with Crippen molar-refractivity contribution in [2.45, 2.75) is 33.8 Å². The van der Waals surface area contributed by atoms with Crippen LogP contribution in [0.15, 0.2) is 0 Å². The van der Waals surface area contributed by atoms with Crippen LogP contribution in [0.1, 0.15) is 27.7 Å². The lowest BCUT2D eigenvalue weighted by molar-refractivity contribution is 0.251. The summed E-state index contributed by atoms with van der Waals surface area (Å²) in [5.41, 5.74) is -0.328. The second-order valence-electron chi connectivity index (χ2n) is 3.52. The van der Waals surface area contributed by atoms with E-state index in [1.165, 1.54) is 0 Å². The van der Waals surface area contributed by atoms with E-state index in [0.717, 1.165) is 0 Å². The van der Waals surface area contributed by atoms with E-state index >= 15 is 0 Å². The zero-order valence-corrected chi connectivity index (χ0v) is 10.9. The normalized spacial score (nSPS) is 13.5. The van der Waals surface area contributed by atoms with Gasteiger partial charge in [-0.2, -0.15) is 8.42 Å². The van der Waals surface area contributed by atoms with Gasteiger partial charge in [-0.3, -0.25) is 4.18 Å². The minimum absolute atomic E-state index is 0.328. The minimum Gasteiger partial charge on any atom is -0.322 e. The molecule has 0 radical (unpaired) electrons. The van der Waals surface area contributed by atoms with Crippen molar-refractivity contribution < 1.29 is 17.2 Å². The van der Waals surface area contributed by atoms with Crippen LogP contribution in [0.4, 0.5) is 0 Å². The molecule has 0 aliphatic rings. The first-order chi connectivity index (χ1) is 6.24. The summed E-state index contributed by atoms with van der Waals surface area (Å²) in [6, 6.07) is 0. The fourth-order valence-electron chi connectivity index (χ4n) is 1.02. The smallest absolute Gasteiger partial charge is 0.274 e. The van der Waals surface area contributed by atoms with E-state index in [4.69, 9.17) is 4.18 Å². The van der Waals surface area contributed by atoms with E-state index < -0.39 is 17.3 Å². The molecule has 14 heavy (non-hydrogen) atoms. The highest BCUT2D eigenvalue weighted by Crippen LogP contribution is 2.46. The zero-order chi connectivity index (χ0) is 11.4. The predicted octanol–water partition coefficient (Wildman–Crippen LogP) is 2.10. The van der Waals surface area contributed by atoms with Crippen molar-refractivity contribution in [2.75, 3.05) is 17.8 Å². The molecule has 0 aromatic heterocycles. The molecular formula is C8H19O4PS. The van der Waals surface area contributed by atoms with Gasteiger partial charge in [0, 0.05) is 0 Å². The molecule has 6 heteroatoms. The highest BCUT2D eigenvalue weighted by Gasteiger charge is 2.27. The summed E-state index contributed by atoms with van der Waals surface area (Å²) < 4.78 is 39.4. The molecule has 0 N–H and O–H groups in total. The van der Waals surface area contributed by atoms with Gasteiger partial charge < -0.3 is 4.57 Å². The molecule has 0 bridgehead atoms. The SMILES string of the molecule is CCP(=O)(CC)CS(=O)(=O)OC(C)C. The Bertz CT molecular complexity index is 299. The summed E-state index contributed by atoms with van der Waals surface area (Å²) in [5, 5.41) is 0. The molecule has 0 atom stereocenters. The van der Waals surface area contributed by atoms with E-state index in [9.17, 15) is 13.0 Å². The molecular weight excluding hydrogens is 223 g/mol. The van der Waals surface area contributed by atoms with Crippen LogP contribution in [0.3, 0.4) is 0 Å². The average molecular weight is 242 g/mol. The van der Waals surface area contributed by atoms with Crippen molar-refractivity contribution in [1.29, 1.82) is 0 Å². The second kappa shape index (κ2) is 5.29. The Balaban J connectivity index is 4.58. The molecule has 0 spiro atoms. The topological polar surface area (TPSA) is 60.4 Å². The van der Waals surface area contributed by atoms with Gasteiger partial charge in [0.2, 0.25) is 0 Å². The van der Waals surface area contributed by atoms with Crippen LogP contribution in [0.25, 0.3) is 0 Å². The van der Waals surface area contributed by atoms with E-state index in [0.29, 0.717) is 12.3 Å². The van der Waals surface area contributed by atoms with Crippen LogP contribution in [-0.2, 0) is 18.9 Å². The lowest BCUT2D eigenvalue weighted by atomic mass is 10.5. The Morgan fingerprint density at radius 2 is 1.64 bits per heavy atom. The third-order valence-corrected chi connectivity index (χ3v) is 8.02. The molecule has 0 aromatic rings. The first-order valence-corrected chi connectivity index (χ1v) is 8.56. The Kier molecular flexibility index (Phi) is 5.34. The van der Waals surface area contributed by atoms with Crippen molar-refractivity contribution in [3.05, 3.63) is 0 Å². The van der Waals surface area contributed by atoms with E-state index in [-0.39, 0.29) is 11.6 Å². The lowest BCUT2D eigenvalue weighted by Gasteiger charge is -2.15. The molecule has 4 nitrogen and oxygen atoms in total. The van der Waals surface area contributed by atoms with Gasteiger partial charge in [-0.1, -0.05) is 13.8 Å². The summed E-state index contributed by atoms with van der Waals surface area (Å²) in [6.45, 7) is 6.77. The number of hydrogen-bond acceptors (Lipinski definition) is 4. The molecule has 0 aliphatic heterocycles. The van der Waals surface area contributed by atoms with Crippen LogP contribution < -0.4 is 0 Å². The quantitative estimate of drug-likeness (QED) is 0.528. The largest absolute Gasteiger partial charge is 0.322 e. The third kappa shape index (κ3) is 5.13. The van der Waals surface area contributed by atoms with Gasteiger partial charge in [0.1, 0.15) is 12.6 Å². The summed E-state index contributed by atoms with van der Waals surface area (Å²) in [4.78, 5) is 0. The van der Waals surface area contributed by atoms with Crippen LogP contribution in [0.5, 0.6) is 0 Å². The van der Waals surface area contributed by atoms with Gasteiger partial charge >= 0.3 is 0 Å². The lowest BCUT2D eigenvalue weighted by Crippen LogP contribution is -2.17. The average Bonchev–Trinajstić information content (AvgIpc) is 2.01. The molecule has 0 rings (SSSR count). The maximum Gasteiger partial charge on any atom is 0.274 e. The van der Waals surface area contributed by atoms with Crippen molar-refractivity contribution >= 4 is 17.3 Å². The molecule has 0 unspecified atom stereocenters. The standard InChI is InChI=1S/C8H19O4PS/c1-5-13(9,6-2)7-14(10,11)12-8(3)4/h8H,5-7H2,1-4H3. The number of rotatable bonds is 6. The van der Waals surface area contributed by atoms with Crippen molar-refractivity contribution in [3.8, 4) is 0 Å². The summed E-state index contributed by atoms with van der Waals surface area (Å²) in [5.74, 6) is 0. The highest BCUT2D eigenvalue weighted by molar-refractivity contribution is 7.95. The first kappa shape index (κ1) is 14.1. The van der Waals surface area contributed by atoms with Crippen LogP contribution in [0, 0.1) is 0 Å². The monoisotopic (exact) mass is 242 g/mol. The molecule has 0 aliphatic carbocycles. The van der Waals surface area contributed by atoms with Gasteiger partial charge in [0.15, 0.2) is 0 Å². The molecule has 0 saturated carbocycles. The maximum absolute atomic E-state index is 11.9. The first-order valence-electron chi connectivity index (χ1n) is 4.72. The fraction of sp³-hybridized carbons (Fsp3) is 1.00. The molecule has 0 amide bonds. The Labute approximate surface area is 86.5 Å². The van der Waals surface area contributed by atoms with E-state index in [1.54, 1.807) is 27.7 Å². The Morgan fingerprint density at radius 3 is 1.93 bits per heavy atom. The Hall–Kier alpha value is 0.140. The molecule has 0 heterocycles. The van der Waals surface area contributed by atoms with Gasteiger partial charge in [-0.25, -0.2) is 0 Å². The van der Waals surface area contributed by atoms with E-state index in [2.05, 4.69) is 0 Å². The fourth-order valence-corrected chi connectivity index (χ4v) is 6.06. The van der Waals surface area contributed by atoms with Gasteiger partial charge in [0.25, 0.3) is 10.1 Å². The summed E-state index contributed by atoms with van der Waals surface area (Å²) in [6.07, 6.45) is 0.427.